The van der Waals surface area contributed by atoms with E-state index in [2.05, 4.69) is 10.6 Å². The van der Waals surface area contributed by atoms with Crippen LogP contribution in [0.4, 0.5) is 0 Å². The van der Waals surface area contributed by atoms with Crippen LogP contribution < -0.4 is 16.4 Å². The molecule has 0 saturated carbocycles. The van der Waals surface area contributed by atoms with Crippen molar-refractivity contribution in [2.45, 2.75) is 39.3 Å². The molecule has 4 amide bonds. The highest BCUT2D eigenvalue weighted by Gasteiger charge is 2.34. The minimum Gasteiger partial charge on any atom is -0.368 e. The Hall–Kier alpha value is -1.87. The molecule has 10 heteroatoms. The highest BCUT2D eigenvalue weighted by molar-refractivity contribution is 6.27. The third-order valence-electron chi connectivity index (χ3n) is 3.27. The summed E-state index contributed by atoms with van der Waals surface area (Å²) in [7, 11) is 0. The van der Waals surface area contributed by atoms with Crippen LogP contribution >= 0.6 is 11.6 Å². The summed E-state index contributed by atoms with van der Waals surface area (Å²) in [5, 5.41) is 14.8. The van der Waals surface area contributed by atoms with E-state index in [1.807, 2.05) is 0 Å². The lowest BCUT2D eigenvalue weighted by Crippen LogP contribution is -2.56. The quantitative estimate of drug-likeness (QED) is 0.239. The minimum absolute atomic E-state index is 0.282. The number of carbonyl (C=O) groups excluding carboxylic acids is 4. The van der Waals surface area contributed by atoms with Crippen LogP contribution in [0.1, 0.15) is 27.2 Å². The summed E-state index contributed by atoms with van der Waals surface area (Å²) in [6.45, 7) is 4.50. The summed E-state index contributed by atoms with van der Waals surface area (Å²) >= 11 is 5.38. The number of alkyl halides is 1. The van der Waals surface area contributed by atoms with E-state index in [9.17, 15) is 24.4 Å². The van der Waals surface area contributed by atoms with E-state index in [0.29, 0.717) is 6.42 Å². The number of halogens is 1. The van der Waals surface area contributed by atoms with Crippen molar-refractivity contribution in [2.24, 2.45) is 11.7 Å². The normalized spacial score (nSPS) is 14.3. The number of nitrogens with two attached hydrogens (primary N) is 1. The van der Waals surface area contributed by atoms with Crippen molar-refractivity contribution in [2.75, 3.05) is 12.4 Å². The summed E-state index contributed by atoms with van der Waals surface area (Å²) in [5.74, 6) is -3.71. The monoisotopic (exact) mass is 350 g/mol. The first-order valence-electron chi connectivity index (χ1n) is 7.08. The molecule has 0 aromatic heterocycles. The molecular formula is C13H23ClN4O5. The Kier molecular flexibility index (Phi) is 9.19. The van der Waals surface area contributed by atoms with Gasteiger partial charge in [-0.2, -0.15) is 0 Å². The maximum absolute atomic E-state index is 12.3. The van der Waals surface area contributed by atoms with Crippen molar-refractivity contribution in [3.8, 4) is 0 Å². The van der Waals surface area contributed by atoms with Crippen LogP contribution in [0.2, 0.25) is 0 Å². The van der Waals surface area contributed by atoms with Gasteiger partial charge in [-0.3, -0.25) is 24.4 Å². The number of hydrogen-bond acceptors (Lipinski definition) is 5. The molecular weight excluding hydrogens is 328 g/mol. The average Bonchev–Trinajstić information content (AvgIpc) is 2.51. The fraction of sp³-hybridized carbons (Fsp3) is 0.692. The van der Waals surface area contributed by atoms with Crippen LogP contribution in [-0.2, 0) is 19.2 Å². The largest absolute Gasteiger partial charge is 0.368 e. The van der Waals surface area contributed by atoms with Crippen molar-refractivity contribution in [3.63, 3.8) is 0 Å². The van der Waals surface area contributed by atoms with Gasteiger partial charge in [-0.25, -0.2) is 5.06 Å². The molecule has 0 rings (SSSR count). The first-order valence-corrected chi connectivity index (χ1v) is 7.62. The molecule has 0 aliphatic rings. The molecule has 0 fully saturated rings. The number of hydrogen-bond donors (Lipinski definition) is 4. The first-order chi connectivity index (χ1) is 10.6. The van der Waals surface area contributed by atoms with Gasteiger partial charge in [0.25, 0.3) is 5.91 Å². The highest BCUT2D eigenvalue weighted by atomic mass is 35.5. The second kappa shape index (κ2) is 10.0. The first kappa shape index (κ1) is 21.1. The summed E-state index contributed by atoms with van der Waals surface area (Å²) in [5.41, 5.74) is 4.91. The smallest absolute Gasteiger partial charge is 0.261 e. The standard InChI is InChI=1S/C13H23ClN4O5/c1-4-7(2)11(18(23)10(20)5-14)13(22)17-8(3)12(21)16-6-9(15)19/h7-8,11,23H,4-6H2,1-3H3,(H2,15,19)(H,16,21)(H,17,22). The van der Waals surface area contributed by atoms with Gasteiger partial charge in [-0.1, -0.05) is 20.3 Å². The van der Waals surface area contributed by atoms with Crippen molar-refractivity contribution in [1.82, 2.24) is 15.7 Å². The van der Waals surface area contributed by atoms with Crippen LogP contribution in [-0.4, -0.2) is 58.4 Å². The summed E-state index contributed by atoms with van der Waals surface area (Å²) in [4.78, 5) is 46.1. The van der Waals surface area contributed by atoms with E-state index in [1.54, 1.807) is 13.8 Å². The Morgan fingerprint density at radius 2 is 1.78 bits per heavy atom. The van der Waals surface area contributed by atoms with Gasteiger partial charge < -0.3 is 16.4 Å². The van der Waals surface area contributed by atoms with Gasteiger partial charge in [0.1, 0.15) is 18.0 Å². The third-order valence-corrected chi connectivity index (χ3v) is 3.50. The Balaban J connectivity index is 4.93. The van der Waals surface area contributed by atoms with E-state index < -0.39 is 41.6 Å². The fourth-order valence-electron chi connectivity index (χ4n) is 1.74. The zero-order valence-electron chi connectivity index (χ0n) is 13.3. The second-order valence-corrected chi connectivity index (χ2v) is 5.38. The van der Waals surface area contributed by atoms with E-state index in [4.69, 9.17) is 17.3 Å². The Bertz CT molecular complexity index is 460. The molecule has 3 atom stereocenters. The summed E-state index contributed by atoms with van der Waals surface area (Å²) < 4.78 is 0. The van der Waals surface area contributed by atoms with Gasteiger partial charge in [0.15, 0.2) is 0 Å². The van der Waals surface area contributed by atoms with E-state index in [0.717, 1.165) is 0 Å². The lowest BCUT2D eigenvalue weighted by molar-refractivity contribution is -0.182. The van der Waals surface area contributed by atoms with Gasteiger partial charge >= 0.3 is 0 Å². The topological polar surface area (TPSA) is 142 Å². The molecule has 0 aromatic carbocycles. The summed E-state index contributed by atoms with van der Waals surface area (Å²) in [6, 6.07) is -2.16. The molecule has 0 aliphatic heterocycles. The predicted octanol–water partition coefficient (Wildman–Crippen LogP) is -1.04. The second-order valence-electron chi connectivity index (χ2n) is 5.12. The molecule has 0 bridgehead atoms. The molecule has 9 nitrogen and oxygen atoms in total. The van der Waals surface area contributed by atoms with Crippen molar-refractivity contribution in [3.05, 3.63) is 0 Å². The molecule has 0 saturated heterocycles. The highest BCUT2D eigenvalue weighted by Crippen LogP contribution is 2.14. The van der Waals surface area contributed by atoms with Gasteiger partial charge in [0.05, 0.1) is 6.54 Å². The Morgan fingerprint density at radius 3 is 2.22 bits per heavy atom. The predicted molar refractivity (Wildman–Crippen MR) is 82.4 cm³/mol. The molecule has 0 aliphatic carbocycles. The molecule has 0 aromatic rings. The molecule has 132 valence electrons. The van der Waals surface area contributed by atoms with E-state index >= 15 is 0 Å². The van der Waals surface area contributed by atoms with Gasteiger partial charge in [0.2, 0.25) is 17.7 Å². The maximum Gasteiger partial charge on any atom is 0.261 e. The van der Waals surface area contributed by atoms with Crippen LogP contribution in [0.15, 0.2) is 0 Å². The van der Waals surface area contributed by atoms with Crippen molar-refractivity contribution >= 4 is 35.2 Å². The molecule has 0 heterocycles. The zero-order chi connectivity index (χ0) is 18.2. The van der Waals surface area contributed by atoms with Gasteiger partial charge in [-0.05, 0) is 12.8 Å². The minimum atomic E-state index is -1.18. The van der Waals surface area contributed by atoms with Gasteiger partial charge in [0, 0.05) is 0 Å². The Morgan fingerprint density at radius 1 is 1.22 bits per heavy atom. The van der Waals surface area contributed by atoms with Crippen LogP contribution in [0, 0.1) is 5.92 Å². The van der Waals surface area contributed by atoms with E-state index in [-0.39, 0.29) is 17.5 Å². The lowest BCUT2D eigenvalue weighted by atomic mass is 9.97. The van der Waals surface area contributed by atoms with Crippen LogP contribution in [0.25, 0.3) is 0 Å². The van der Waals surface area contributed by atoms with Crippen molar-refractivity contribution < 1.29 is 24.4 Å². The zero-order valence-corrected chi connectivity index (χ0v) is 14.1. The number of amides is 4. The number of rotatable bonds is 9. The number of primary amides is 1. The molecule has 5 N–H and O–H groups in total. The fourth-order valence-corrected chi connectivity index (χ4v) is 1.86. The van der Waals surface area contributed by atoms with E-state index in [1.165, 1.54) is 6.92 Å². The number of nitrogens with one attached hydrogen (secondary N) is 2. The lowest BCUT2D eigenvalue weighted by Gasteiger charge is -2.29. The van der Waals surface area contributed by atoms with Crippen LogP contribution in [0.5, 0.6) is 0 Å². The molecule has 0 radical (unpaired) electrons. The number of carbonyl (C=O) groups is 4. The van der Waals surface area contributed by atoms with Gasteiger partial charge in [-0.15, -0.1) is 11.6 Å². The molecule has 0 spiro atoms. The summed E-state index contributed by atoms with van der Waals surface area (Å²) in [6.07, 6.45) is 0.507. The Labute approximate surface area is 139 Å². The van der Waals surface area contributed by atoms with Crippen LogP contribution in [0.3, 0.4) is 0 Å². The number of hydroxylamine groups is 2. The average molecular weight is 351 g/mol. The SMILES string of the molecule is CCC(C)C(C(=O)NC(C)C(=O)NCC(N)=O)N(O)C(=O)CCl. The maximum atomic E-state index is 12.3. The van der Waals surface area contributed by atoms with Crippen molar-refractivity contribution in [1.29, 1.82) is 0 Å². The third kappa shape index (κ3) is 6.83. The number of nitrogens with zero attached hydrogens (tertiary/aromatic N) is 1. The molecule has 3 unspecified atom stereocenters. The molecule has 23 heavy (non-hydrogen) atoms.